The second kappa shape index (κ2) is 5.27. The average Bonchev–Trinajstić information content (AvgIpc) is 2.84. The number of nitrogens with one attached hydrogen (secondary N) is 1. The zero-order valence-electron chi connectivity index (χ0n) is 11.2. The number of fused-ring (bicyclic) bond motifs is 1. The van der Waals surface area contributed by atoms with Crippen molar-refractivity contribution in [1.82, 2.24) is 10.3 Å². The molecule has 0 radical (unpaired) electrons. The molecule has 1 saturated carbocycles. The van der Waals surface area contributed by atoms with Crippen LogP contribution in [-0.4, -0.2) is 24.6 Å². The number of pyridine rings is 1. The van der Waals surface area contributed by atoms with E-state index in [1.807, 2.05) is 13.2 Å². The minimum Gasteiger partial charge on any atom is -0.367 e. The van der Waals surface area contributed by atoms with Gasteiger partial charge in [-0.25, -0.2) is 0 Å². The van der Waals surface area contributed by atoms with Gasteiger partial charge in [0.2, 0.25) is 0 Å². The Morgan fingerprint density at radius 2 is 2.22 bits per heavy atom. The van der Waals surface area contributed by atoms with E-state index in [9.17, 15) is 0 Å². The first-order valence-corrected chi connectivity index (χ1v) is 7.24. The molecule has 3 rings (SSSR count). The maximum Gasteiger partial charge on any atom is 0.0600 e. The van der Waals surface area contributed by atoms with Gasteiger partial charge in [0, 0.05) is 25.3 Å². The van der Waals surface area contributed by atoms with Crippen LogP contribution < -0.4 is 10.2 Å². The van der Waals surface area contributed by atoms with Gasteiger partial charge in [-0.3, -0.25) is 4.98 Å². The Labute approximate surface area is 110 Å². The van der Waals surface area contributed by atoms with E-state index in [-0.39, 0.29) is 0 Å². The van der Waals surface area contributed by atoms with E-state index in [2.05, 4.69) is 27.5 Å². The fourth-order valence-electron chi connectivity index (χ4n) is 3.72. The fourth-order valence-corrected chi connectivity index (χ4v) is 3.72. The van der Waals surface area contributed by atoms with E-state index >= 15 is 0 Å². The largest absolute Gasteiger partial charge is 0.367 e. The van der Waals surface area contributed by atoms with Gasteiger partial charge >= 0.3 is 0 Å². The first-order valence-electron chi connectivity index (χ1n) is 7.24. The molecular formula is C15H23N3. The van der Waals surface area contributed by atoms with Crippen molar-refractivity contribution in [2.45, 2.75) is 44.7 Å². The van der Waals surface area contributed by atoms with E-state index in [1.54, 1.807) is 0 Å². The summed E-state index contributed by atoms with van der Waals surface area (Å²) < 4.78 is 0. The maximum absolute atomic E-state index is 4.34. The lowest BCUT2D eigenvalue weighted by Gasteiger charge is -2.34. The zero-order valence-corrected chi connectivity index (χ0v) is 11.2. The molecule has 0 aromatic carbocycles. The van der Waals surface area contributed by atoms with Gasteiger partial charge in [0.1, 0.15) is 0 Å². The second-order valence-electron chi connectivity index (χ2n) is 5.63. The molecule has 1 aromatic heterocycles. The Hall–Kier alpha value is -1.09. The van der Waals surface area contributed by atoms with E-state index in [1.165, 1.54) is 49.9 Å². The van der Waals surface area contributed by atoms with Gasteiger partial charge < -0.3 is 10.2 Å². The van der Waals surface area contributed by atoms with Gasteiger partial charge in [-0.2, -0.15) is 0 Å². The molecule has 2 heterocycles. The molecule has 0 spiro atoms. The number of nitrogens with zero attached hydrogens (tertiary/aromatic N) is 2. The molecule has 1 aliphatic carbocycles. The number of aromatic nitrogens is 1. The van der Waals surface area contributed by atoms with Crippen LogP contribution in [0, 0.1) is 5.92 Å². The third-order valence-corrected chi connectivity index (χ3v) is 4.57. The third kappa shape index (κ3) is 2.12. The predicted molar refractivity (Wildman–Crippen MR) is 74.7 cm³/mol. The van der Waals surface area contributed by atoms with Gasteiger partial charge in [0.25, 0.3) is 0 Å². The topological polar surface area (TPSA) is 28.2 Å². The zero-order chi connectivity index (χ0) is 12.4. The fraction of sp³-hybridized carbons (Fsp3) is 0.667. The van der Waals surface area contributed by atoms with Crippen molar-refractivity contribution in [3.8, 4) is 0 Å². The Kier molecular flexibility index (Phi) is 3.50. The molecule has 2 fully saturated rings. The molecule has 3 nitrogen and oxygen atoms in total. The van der Waals surface area contributed by atoms with Gasteiger partial charge in [0.05, 0.1) is 11.9 Å². The normalized spacial score (nSPS) is 27.3. The SMILES string of the molecule is CNCc1ccncc1N1CCC2CCCCC21. The number of rotatable bonds is 3. The van der Waals surface area contributed by atoms with Crippen molar-refractivity contribution in [3.63, 3.8) is 0 Å². The summed E-state index contributed by atoms with van der Waals surface area (Å²) in [5.41, 5.74) is 2.75. The molecule has 1 saturated heterocycles. The van der Waals surface area contributed by atoms with Crippen LogP contribution in [0.5, 0.6) is 0 Å². The van der Waals surface area contributed by atoms with Crippen molar-refractivity contribution in [1.29, 1.82) is 0 Å². The summed E-state index contributed by atoms with van der Waals surface area (Å²) in [7, 11) is 2.01. The maximum atomic E-state index is 4.34. The standard InChI is InChI=1S/C15H23N3/c1-16-10-13-6-8-17-11-15(13)18-9-7-12-4-2-3-5-14(12)18/h6,8,11-12,14,16H,2-5,7,9-10H2,1H3. The van der Waals surface area contributed by atoms with Crippen LogP contribution in [0.4, 0.5) is 5.69 Å². The highest BCUT2D eigenvalue weighted by molar-refractivity contribution is 5.53. The first kappa shape index (κ1) is 12.0. The molecule has 2 aliphatic rings. The van der Waals surface area contributed by atoms with Crippen LogP contribution in [0.15, 0.2) is 18.5 Å². The number of hydrogen-bond donors (Lipinski definition) is 1. The molecule has 1 aromatic rings. The lowest BCUT2D eigenvalue weighted by atomic mass is 9.85. The van der Waals surface area contributed by atoms with Gasteiger partial charge in [-0.1, -0.05) is 12.8 Å². The van der Waals surface area contributed by atoms with E-state index in [0.29, 0.717) is 0 Å². The van der Waals surface area contributed by atoms with Gasteiger partial charge in [0.15, 0.2) is 0 Å². The minimum absolute atomic E-state index is 0.776. The molecular weight excluding hydrogens is 222 g/mol. The summed E-state index contributed by atoms with van der Waals surface area (Å²) in [6.07, 6.45) is 11.0. The second-order valence-corrected chi connectivity index (χ2v) is 5.63. The molecule has 3 heteroatoms. The molecule has 1 aliphatic heterocycles. The van der Waals surface area contributed by atoms with Crippen molar-refractivity contribution in [3.05, 3.63) is 24.0 Å². The number of hydrogen-bond acceptors (Lipinski definition) is 3. The van der Waals surface area contributed by atoms with Crippen molar-refractivity contribution < 1.29 is 0 Å². The van der Waals surface area contributed by atoms with Crippen molar-refractivity contribution in [2.24, 2.45) is 5.92 Å². The molecule has 18 heavy (non-hydrogen) atoms. The van der Waals surface area contributed by atoms with Gasteiger partial charge in [-0.05, 0) is 43.9 Å². The summed E-state index contributed by atoms with van der Waals surface area (Å²) in [6.45, 7) is 2.16. The van der Waals surface area contributed by atoms with E-state index in [4.69, 9.17) is 0 Å². The minimum atomic E-state index is 0.776. The Bertz CT molecular complexity index is 404. The summed E-state index contributed by atoms with van der Waals surface area (Å²) in [4.78, 5) is 6.97. The third-order valence-electron chi connectivity index (χ3n) is 4.57. The lowest BCUT2D eigenvalue weighted by Crippen LogP contribution is -2.35. The van der Waals surface area contributed by atoms with Crippen LogP contribution >= 0.6 is 0 Å². The van der Waals surface area contributed by atoms with Gasteiger partial charge in [-0.15, -0.1) is 0 Å². The summed E-state index contributed by atoms with van der Waals surface area (Å²) in [6, 6.07) is 2.93. The number of anilines is 1. The molecule has 0 amide bonds. The van der Waals surface area contributed by atoms with Crippen LogP contribution in [0.1, 0.15) is 37.7 Å². The highest BCUT2D eigenvalue weighted by Gasteiger charge is 2.36. The molecule has 1 N–H and O–H groups in total. The highest BCUT2D eigenvalue weighted by atomic mass is 15.2. The van der Waals surface area contributed by atoms with Crippen molar-refractivity contribution in [2.75, 3.05) is 18.5 Å². The lowest BCUT2D eigenvalue weighted by molar-refractivity contribution is 0.342. The Morgan fingerprint density at radius 3 is 3.11 bits per heavy atom. The smallest absolute Gasteiger partial charge is 0.0600 e. The highest BCUT2D eigenvalue weighted by Crippen LogP contribution is 2.39. The van der Waals surface area contributed by atoms with Crippen molar-refractivity contribution >= 4 is 5.69 Å². The summed E-state index contributed by atoms with van der Waals surface area (Å²) in [5, 5.41) is 3.27. The summed E-state index contributed by atoms with van der Waals surface area (Å²) >= 11 is 0. The van der Waals surface area contributed by atoms with Crippen LogP contribution in [0.3, 0.4) is 0 Å². The Morgan fingerprint density at radius 1 is 1.33 bits per heavy atom. The van der Waals surface area contributed by atoms with E-state index in [0.717, 1.165) is 18.5 Å². The molecule has 2 unspecified atom stereocenters. The first-order chi connectivity index (χ1) is 8.90. The van der Waals surface area contributed by atoms with Crippen LogP contribution in [-0.2, 0) is 6.54 Å². The summed E-state index contributed by atoms with van der Waals surface area (Å²) in [5.74, 6) is 0.932. The van der Waals surface area contributed by atoms with Crippen LogP contribution in [0.2, 0.25) is 0 Å². The molecule has 2 atom stereocenters. The predicted octanol–water partition coefficient (Wildman–Crippen LogP) is 2.57. The monoisotopic (exact) mass is 245 g/mol. The molecule has 98 valence electrons. The Balaban J connectivity index is 1.86. The quantitative estimate of drug-likeness (QED) is 0.887. The van der Waals surface area contributed by atoms with E-state index < -0.39 is 0 Å². The average molecular weight is 245 g/mol. The molecule has 0 bridgehead atoms. The van der Waals surface area contributed by atoms with Crippen LogP contribution in [0.25, 0.3) is 0 Å².